The molecule has 2 aliphatic carbocycles. The summed E-state index contributed by atoms with van der Waals surface area (Å²) in [5.74, 6) is 0.729. The summed E-state index contributed by atoms with van der Waals surface area (Å²) in [6.07, 6.45) is 4.10. The van der Waals surface area contributed by atoms with Crippen molar-refractivity contribution in [3.8, 4) is 5.75 Å². The van der Waals surface area contributed by atoms with E-state index < -0.39 is 5.97 Å². The van der Waals surface area contributed by atoms with E-state index in [1.807, 2.05) is 31.2 Å². The van der Waals surface area contributed by atoms with E-state index in [-0.39, 0.29) is 29.8 Å². The highest BCUT2D eigenvalue weighted by Crippen LogP contribution is 2.34. The Morgan fingerprint density at radius 1 is 1.30 bits per heavy atom. The van der Waals surface area contributed by atoms with Crippen LogP contribution in [-0.2, 0) is 9.59 Å². The van der Waals surface area contributed by atoms with E-state index in [0.29, 0.717) is 5.92 Å². The third-order valence-corrected chi connectivity index (χ3v) is 6.36. The molecule has 1 aromatic carbocycles. The number of carboxylic acid groups (broad SMARTS) is 1. The molecule has 7 heteroatoms. The van der Waals surface area contributed by atoms with Gasteiger partial charge in [0.25, 0.3) is 0 Å². The number of amides is 1. The van der Waals surface area contributed by atoms with Crippen LogP contribution in [0.15, 0.2) is 29.2 Å². The predicted octanol–water partition coefficient (Wildman–Crippen LogP) is 2.62. The minimum absolute atomic E-state index is 0.0336. The molecule has 0 saturated heterocycles. The van der Waals surface area contributed by atoms with E-state index in [2.05, 4.69) is 10.2 Å². The normalized spacial score (nSPS) is 22.8. The fourth-order valence-corrected chi connectivity index (χ4v) is 4.26. The Hall–Kier alpha value is -1.73. The molecule has 2 fully saturated rings. The third-order valence-electron chi connectivity index (χ3n) is 5.25. The molecule has 2 saturated carbocycles. The SMILES string of the molecule is COc1ccc(SC(C)C(=O)NC2CC(N(CC(=O)O)CC3CC3)C2)cc1. The van der Waals surface area contributed by atoms with Gasteiger partial charge in [0.15, 0.2) is 0 Å². The highest BCUT2D eigenvalue weighted by Gasteiger charge is 2.38. The Kier molecular flexibility index (Phi) is 6.65. The van der Waals surface area contributed by atoms with E-state index in [9.17, 15) is 9.59 Å². The van der Waals surface area contributed by atoms with E-state index in [1.54, 1.807) is 7.11 Å². The van der Waals surface area contributed by atoms with Gasteiger partial charge in [0, 0.05) is 23.5 Å². The maximum atomic E-state index is 12.5. The van der Waals surface area contributed by atoms with Gasteiger partial charge in [-0.05, 0) is 62.8 Å². The molecule has 1 aromatic rings. The zero-order valence-electron chi connectivity index (χ0n) is 15.9. The topological polar surface area (TPSA) is 78.9 Å². The van der Waals surface area contributed by atoms with E-state index in [1.165, 1.54) is 24.6 Å². The van der Waals surface area contributed by atoms with Gasteiger partial charge in [-0.3, -0.25) is 14.5 Å². The average molecular weight is 393 g/mol. The van der Waals surface area contributed by atoms with Crippen LogP contribution in [0, 0.1) is 5.92 Å². The van der Waals surface area contributed by atoms with Gasteiger partial charge in [-0.1, -0.05) is 0 Å². The molecule has 3 rings (SSSR count). The van der Waals surface area contributed by atoms with Gasteiger partial charge in [-0.15, -0.1) is 11.8 Å². The lowest BCUT2D eigenvalue weighted by Gasteiger charge is -2.43. The minimum atomic E-state index is -0.771. The Bertz CT molecular complexity index is 656. The molecule has 1 unspecified atom stereocenters. The first-order chi connectivity index (χ1) is 12.9. The van der Waals surface area contributed by atoms with Gasteiger partial charge in [0.1, 0.15) is 5.75 Å². The summed E-state index contributed by atoms with van der Waals surface area (Å²) in [5, 5.41) is 12.0. The Morgan fingerprint density at radius 3 is 2.52 bits per heavy atom. The zero-order chi connectivity index (χ0) is 19.4. The molecule has 1 atom stereocenters. The fraction of sp³-hybridized carbons (Fsp3) is 0.600. The molecule has 0 aliphatic heterocycles. The molecule has 1 amide bonds. The molecule has 0 aromatic heterocycles. The van der Waals surface area contributed by atoms with Crippen molar-refractivity contribution in [2.75, 3.05) is 20.2 Å². The highest BCUT2D eigenvalue weighted by molar-refractivity contribution is 8.00. The summed E-state index contributed by atoms with van der Waals surface area (Å²) in [5.41, 5.74) is 0. The Labute approximate surface area is 164 Å². The number of carbonyl (C=O) groups excluding carboxylic acids is 1. The first-order valence-electron chi connectivity index (χ1n) is 9.51. The molecule has 6 nitrogen and oxygen atoms in total. The van der Waals surface area contributed by atoms with Crippen LogP contribution >= 0.6 is 11.8 Å². The summed E-state index contributed by atoms with van der Waals surface area (Å²) in [4.78, 5) is 26.7. The Balaban J connectivity index is 1.42. The second-order valence-corrected chi connectivity index (χ2v) is 8.95. The number of ether oxygens (including phenoxy) is 1. The Morgan fingerprint density at radius 2 is 1.96 bits per heavy atom. The maximum absolute atomic E-state index is 12.5. The summed E-state index contributed by atoms with van der Waals surface area (Å²) < 4.78 is 5.15. The second-order valence-electron chi connectivity index (χ2n) is 7.53. The molecule has 0 radical (unpaired) electrons. The van der Waals surface area contributed by atoms with E-state index >= 15 is 0 Å². The van der Waals surface area contributed by atoms with Crippen molar-refractivity contribution < 1.29 is 19.4 Å². The molecule has 2 aliphatic rings. The number of hydrogen-bond donors (Lipinski definition) is 2. The van der Waals surface area contributed by atoms with Gasteiger partial charge in [0.2, 0.25) is 5.91 Å². The van der Waals surface area contributed by atoms with Gasteiger partial charge in [-0.2, -0.15) is 0 Å². The van der Waals surface area contributed by atoms with E-state index in [4.69, 9.17) is 9.84 Å². The van der Waals surface area contributed by atoms with Crippen LogP contribution in [0.3, 0.4) is 0 Å². The zero-order valence-corrected chi connectivity index (χ0v) is 16.7. The van der Waals surface area contributed by atoms with Gasteiger partial charge < -0.3 is 15.2 Å². The number of nitrogens with zero attached hydrogens (tertiary/aromatic N) is 1. The smallest absolute Gasteiger partial charge is 0.317 e. The lowest BCUT2D eigenvalue weighted by molar-refractivity contribution is -0.140. The van der Waals surface area contributed by atoms with Crippen molar-refractivity contribution in [1.29, 1.82) is 0 Å². The van der Waals surface area contributed by atoms with Gasteiger partial charge in [0.05, 0.1) is 18.9 Å². The van der Waals surface area contributed by atoms with Crippen molar-refractivity contribution in [2.45, 2.75) is 54.8 Å². The maximum Gasteiger partial charge on any atom is 0.317 e. The van der Waals surface area contributed by atoms with Crippen LogP contribution in [0.25, 0.3) is 0 Å². The van der Waals surface area contributed by atoms with Crippen molar-refractivity contribution in [2.24, 2.45) is 5.92 Å². The lowest BCUT2D eigenvalue weighted by Crippen LogP contribution is -2.56. The first-order valence-corrected chi connectivity index (χ1v) is 10.4. The van der Waals surface area contributed by atoms with Crippen LogP contribution in [0.4, 0.5) is 0 Å². The number of carbonyl (C=O) groups is 2. The summed E-state index contributed by atoms with van der Waals surface area (Å²) in [6.45, 7) is 2.89. The number of benzene rings is 1. The molecular weight excluding hydrogens is 364 g/mol. The van der Waals surface area contributed by atoms with Crippen molar-refractivity contribution in [3.63, 3.8) is 0 Å². The lowest BCUT2D eigenvalue weighted by atomic mass is 9.85. The molecule has 0 heterocycles. The number of thioether (sulfide) groups is 1. The van der Waals surface area contributed by atoms with Crippen LogP contribution < -0.4 is 10.1 Å². The number of aliphatic carboxylic acids is 1. The largest absolute Gasteiger partial charge is 0.497 e. The van der Waals surface area contributed by atoms with Crippen LogP contribution in [0.2, 0.25) is 0 Å². The quantitative estimate of drug-likeness (QED) is 0.596. The number of carboxylic acids is 1. The van der Waals surface area contributed by atoms with Crippen LogP contribution in [-0.4, -0.2) is 59.4 Å². The summed E-state index contributed by atoms with van der Waals surface area (Å²) >= 11 is 1.52. The molecule has 27 heavy (non-hydrogen) atoms. The minimum Gasteiger partial charge on any atom is -0.497 e. The second kappa shape index (κ2) is 8.97. The monoisotopic (exact) mass is 392 g/mol. The number of hydrogen-bond acceptors (Lipinski definition) is 5. The molecule has 0 spiro atoms. The summed E-state index contributed by atoms with van der Waals surface area (Å²) in [6, 6.07) is 8.11. The fourth-order valence-electron chi connectivity index (χ4n) is 3.38. The summed E-state index contributed by atoms with van der Waals surface area (Å²) in [7, 11) is 1.63. The number of nitrogens with one attached hydrogen (secondary N) is 1. The van der Waals surface area contributed by atoms with Crippen molar-refractivity contribution >= 4 is 23.6 Å². The number of rotatable bonds is 10. The van der Waals surface area contributed by atoms with Crippen molar-refractivity contribution in [3.05, 3.63) is 24.3 Å². The average Bonchev–Trinajstić information content (AvgIpc) is 3.41. The third kappa shape index (κ3) is 5.87. The van der Waals surface area contributed by atoms with E-state index in [0.717, 1.165) is 30.0 Å². The molecular formula is C20H28N2O4S. The predicted molar refractivity (Wildman–Crippen MR) is 105 cm³/mol. The van der Waals surface area contributed by atoms with Gasteiger partial charge in [-0.25, -0.2) is 0 Å². The highest BCUT2D eigenvalue weighted by atomic mass is 32.2. The van der Waals surface area contributed by atoms with Crippen LogP contribution in [0.1, 0.15) is 32.6 Å². The number of methoxy groups -OCH3 is 1. The van der Waals surface area contributed by atoms with Crippen molar-refractivity contribution in [1.82, 2.24) is 10.2 Å². The van der Waals surface area contributed by atoms with Gasteiger partial charge >= 0.3 is 5.97 Å². The molecule has 2 N–H and O–H groups in total. The van der Waals surface area contributed by atoms with Crippen LogP contribution in [0.5, 0.6) is 5.75 Å². The molecule has 0 bridgehead atoms. The standard InChI is InChI=1S/C20H28N2O4S/c1-13(27-18-7-5-17(26-2)6-8-18)20(25)21-15-9-16(10-15)22(12-19(23)24)11-14-3-4-14/h5-8,13-16H,3-4,9-12H2,1-2H3,(H,21,25)(H,23,24). The molecule has 148 valence electrons. The first kappa shape index (κ1) is 20.0.